The Balaban J connectivity index is 1.86. The van der Waals surface area contributed by atoms with Gasteiger partial charge in [0.05, 0.1) is 26.3 Å². The first kappa shape index (κ1) is 14.9. The summed E-state index contributed by atoms with van der Waals surface area (Å²) in [6.45, 7) is 1.92. The predicted octanol–water partition coefficient (Wildman–Crippen LogP) is 2.68. The lowest BCUT2D eigenvalue weighted by atomic mass is 9.91. The van der Waals surface area contributed by atoms with Crippen LogP contribution in [0.3, 0.4) is 0 Å². The molecule has 0 spiro atoms. The molecule has 0 aromatic heterocycles. The SMILES string of the molecule is COc1ccc([C@H]2NCCN[C@H]2c2ccc(OC)cc2)cc1. The zero-order valence-corrected chi connectivity index (χ0v) is 13.0. The molecule has 0 aliphatic carbocycles. The fraction of sp³-hybridized carbons (Fsp3) is 0.333. The van der Waals surface area contributed by atoms with Crippen molar-refractivity contribution in [3.63, 3.8) is 0 Å². The van der Waals surface area contributed by atoms with E-state index in [9.17, 15) is 0 Å². The van der Waals surface area contributed by atoms with Crippen molar-refractivity contribution in [1.82, 2.24) is 10.6 Å². The number of ether oxygens (including phenoxy) is 2. The average molecular weight is 298 g/mol. The number of benzene rings is 2. The van der Waals surface area contributed by atoms with Crippen LogP contribution in [-0.4, -0.2) is 27.3 Å². The molecule has 0 amide bonds. The Morgan fingerprint density at radius 1 is 0.682 bits per heavy atom. The second-order valence-electron chi connectivity index (χ2n) is 5.41. The van der Waals surface area contributed by atoms with E-state index in [1.54, 1.807) is 14.2 Å². The molecule has 1 heterocycles. The summed E-state index contributed by atoms with van der Waals surface area (Å²) in [6, 6.07) is 17.0. The molecule has 2 aromatic rings. The van der Waals surface area contributed by atoms with Gasteiger partial charge in [-0.2, -0.15) is 0 Å². The molecule has 1 fully saturated rings. The normalized spacial score (nSPS) is 21.4. The smallest absolute Gasteiger partial charge is 0.118 e. The van der Waals surface area contributed by atoms with Crippen molar-refractivity contribution in [1.29, 1.82) is 0 Å². The number of methoxy groups -OCH3 is 2. The number of nitrogens with one attached hydrogen (secondary N) is 2. The van der Waals surface area contributed by atoms with Gasteiger partial charge < -0.3 is 20.1 Å². The van der Waals surface area contributed by atoms with Crippen molar-refractivity contribution in [2.75, 3.05) is 27.3 Å². The van der Waals surface area contributed by atoms with Crippen LogP contribution in [0.25, 0.3) is 0 Å². The summed E-state index contributed by atoms with van der Waals surface area (Å²) in [6.07, 6.45) is 0. The van der Waals surface area contributed by atoms with E-state index in [2.05, 4.69) is 34.9 Å². The zero-order chi connectivity index (χ0) is 15.4. The van der Waals surface area contributed by atoms with Crippen molar-refractivity contribution in [3.8, 4) is 11.5 Å². The van der Waals surface area contributed by atoms with E-state index in [0.717, 1.165) is 24.6 Å². The quantitative estimate of drug-likeness (QED) is 0.911. The van der Waals surface area contributed by atoms with Gasteiger partial charge in [-0.25, -0.2) is 0 Å². The van der Waals surface area contributed by atoms with Crippen molar-refractivity contribution < 1.29 is 9.47 Å². The molecule has 1 saturated heterocycles. The number of hydrogen-bond donors (Lipinski definition) is 2. The van der Waals surface area contributed by atoms with E-state index in [4.69, 9.17) is 9.47 Å². The second-order valence-corrected chi connectivity index (χ2v) is 5.41. The first-order chi connectivity index (χ1) is 10.8. The number of hydrogen-bond acceptors (Lipinski definition) is 4. The van der Waals surface area contributed by atoms with Crippen LogP contribution in [0.2, 0.25) is 0 Å². The molecule has 1 aliphatic heterocycles. The molecular weight excluding hydrogens is 276 g/mol. The van der Waals surface area contributed by atoms with E-state index >= 15 is 0 Å². The van der Waals surface area contributed by atoms with Gasteiger partial charge in [0.25, 0.3) is 0 Å². The van der Waals surface area contributed by atoms with E-state index in [0.29, 0.717) is 0 Å². The van der Waals surface area contributed by atoms with Gasteiger partial charge >= 0.3 is 0 Å². The molecule has 0 unspecified atom stereocenters. The van der Waals surface area contributed by atoms with Gasteiger partial charge in [-0.3, -0.25) is 0 Å². The zero-order valence-electron chi connectivity index (χ0n) is 13.0. The summed E-state index contributed by atoms with van der Waals surface area (Å²) in [5.74, 6) is 1.77. The van der Waals surface area contributed by atoms with Gasteiger partial charge in [-0.15, -0.1) is 0 Å². The predicted molar refractivity (Wildman–Crippen MR) is 87.5 cm³/mol. The minimum atomic E-state index is 0.244. The van der Waals surface area contributed by atoms with Gasteiger partial charge in [-0.1, -0.05) is 24.3 Å². The molecule has 4 heteroatoms. The largest absolute Gasteiger partial charge is 0.497 e. The molecule has 116 valence electrons. The Kier molecular flexibility index (Phi) is 4.61. The Bertz CT molecular complexity index is 540. The highest BCUT2D eigenvalue weighted by Crippen LogP contribution is 2.32. The van der Waals surface area contributed by atoms with Gasteiger partial charge in [0.15, 0.2) is 0 Å². The molecular formula is C18H22N2O2. The molecule has 4 nitrogen and oxygen atoms in total. The average Bonchev–Trinajstić information content (AvgIpc) is 2.62. The fourth-order valence-corrected chi connectivity index (χ4v) is 2.93. The number of rotatable bonds is 4. The topological polar surface area (TPSA) is 42.5 Å². The lowest BCUT2D eigenvalue weighted by molar-refractivity contribution is 0.332. The maximum Gasteiger partial charge on any atom is 0.118 e. The van der Waals surface area contributed by atoms with Crippen LogP contribution < -0.4 is 20.1 Å². The van der Waals surface area contributed by atoms with Crippen LogP contribution in [-0.2, 0) is 0 Å². The van der Waals surface area contributed by atoms with Crippen LogP contribution in [0.15, 0.2) is 48.5 Å². The third-order valence-electron chi connectivity index (χ3n) is 4.14. The minimum absolute atomic E-state index is 0.244. The van der Waals surface area contributed by atoms with Crippen molar-refractivity contribution in [2.45, 2.75) is 12.1 Å². The first-order valence-corrected chi connectivity index (χ1v) is 7.56. The van der Waals surface area contributed by atoms with Crippen molar-refractivity contribution >= 4 is 0 Å². The Hall–Kier alpha value is -2.04. The summed E-state index contributed by atoms with van der Waals surface area (Å²) < 4.78 is 10.5. The Morgan fingerprint density at radius 3 is 1.36 bits per heavy atom. The molecule has 3 rings (SSSR count). The summed E-state index contributed by atoms with van der Waals surface area (Å²) in [4.78, 5) is 0. The molecule has 1 aliphatic rings. The van der Waals surface area contributed by atoms with E-state index in [1.807, 2.05) is 24.3 Å². The molecule has 0 radical (unpaired) electrons. The van der Waals surface area contributed by atoms with Crippen molar-refractivity contribution in [2.24, 2.45) is 0 Å². The molecule has 2 aromatic carbocycles. The van der Waals surface area contributed by atoms with Crippen LogP contribution >= 0.6 is 0 Å². The van der Waals surface area contributed by atoms with Gasteiger partial charge in [0, 0.05) is 13.1 Å². The third-order valence-corrected chi connectivity index (χ3v) is 4.14. The van der Waals surface area contributed by atoms with Crippen LogP contribution in [0.4, 0.5) is 0 Å². The van der Waals surface area contributed by atoms with E-state index < -0.39 is 0 Å². The Morgan fingerprint density at radius 2 is 1.05 bits per heavy atom. The Labute approximate surface area is 131 Å². The van der Waals surface area contributed by atoms with E-state index in [1.165, 1.54) is 11.1 Å². The highest BCUT2D eigenvalue weighted by molar-refractivity contribution is 5.35. The van der Waals surface area contributed by atoms with Crippen LogP contribution in [0, 0.1) is 0 Å². The lowest BCUT2D eigenvalue weighted by Gasteiger charge is -2.34. The standard InChI is InChI=1S/C18H22N2O2/c1-21-15-7-3-13(4-8-15)17-18(20-12-11-19-17)14-5-9-16(22-2)10-6-14/h3-10,17-20H,11-12H2,1-2H3/t17-,18+. The highest BCUT2D eigenvalue weighted by atomic mass is 16.5. The summed E-state index contributed by atoms with van der Waals surface area (Å²) in [7, 11) is 3.38. The minimum Gasteiger partial charge on any atom is -0.497 e. The maximum absolute atomic E-state index is 5.24. The maximum atomic E-state index is 5.24. The third kappa shape index (κ3) is 3.08. The van der Waals surface area contributed by atoms with Gasteiger partial charge in [0.2, 0.25) is 0 Å². The molecule has 2 N–H and O–H groups in total. The number of piperazine rings is 1. The highest BCUT2D eigenvalue weighted by Gasteiger charge is 2.27. The summed E-state index contributed by atoms with van der Waals surface area (Å²) >= 11 is 0. The lowest BCUT2D eigenvalue weighted by Crippen LogP contribution is -2.45. The summed E-state index contributed by atoms with van der Waals surface area (Å²) in [5.41, 5.74) is 2.52. The van der Waals surface area contributed by atoms with Crippen molar-refractivity contribution in [3.05, 3.63) is 59.7 Å². The van der Waals surface area contributed by atoms with E-state index in [-0.39, 0.29) is 12.1 Å². The molecule has 22 heavy (non-hydrogen) atoms. The first-order valence-electron chi connectivity index (χ1n) is 7.56. The molecule has 0 saturated carbocycles. The monoisotopic (exact) mass is 298 g/mol. The molecule has 2 atom stereocenters. The second kappa shape index (κ2) is 6.81. The summed E-state index contributed by atoms with van der Waals surface area (Å²) in [5, 5.41) is 7.23. The fourth-order valence-electron chi connectivity index (χ4n) is 2.93. The van der Waals surface area contributed by atoms with Gasteiger partial charge in [-0.05, 0) is 35.4 Å². The van der Waals surface area contributed by atoms with Crippen LogP contribution in [0.5, 0.6) is 11.5 Å². The molecule has 0 bridgehead atoms. The van der Waals surface area contributed by atoms with Gasteiger partial charge in [0.1, 0.15) is 11.5 Å². The van der Waals surface area contributed by atoms with Crippen LogP contribution in [0.1, 0.15) is 23.2 Å².